The van der Waals surface area contributed by atoms with Gasteiger partial charge in [-0.05, 0) is 83.9 Å². The third-order valence-electron chi connectivity index (χ3n) is 19.5. The van der Waals surface area contributed by atoms with Crippen LogP contribution >= 0.6 is 0 Å². The largest absolute Gasteiger partial charge is 0.459 e. The highest BCUT2D eigenvalue weighted by Gasteiger charge is 2.54. The first kappa shape index (κ1) is 84.0. The number of ether oxygens (including phenoxy) is 8. The lowest BCUT2D eigenvalue weighted by molar-refractivity contribution is -0.0614. The Morgan fingerprint density at radius 1 is 0.407 bits per heavy atom. The first-order chi connectivity index (χ1) is 60.0. The molecule has 34 nitrogen and oxygen atoms in total. The van der Waals surface area contributed by atoms with Gasteiger partial charge in [-0.2, -0.15) is 0 Å². The fourth-order valence-corrected chi connectivity index (χ4v) is 13.4. The van der Waals surface area contributed by atoms with Gasteiger partial charge < -0.3 is 79.6 Å². The first-order valence-electron chi connectivity index (χ1n) is 38.6. The van der Waals surface area contributed by atoms with E-state index in [2.05, 4.69) is 50.9 Å². The number of ketones is 3. The van der Waals surface area contributed by atoms with Crippen LogP contribution in [-0.2, 0) is 51.0 Å². The van der Waals surface area contributed by atoms with Crippen molar-refractivity contribution in [3.05, 3.63) is 335 Å². The van der Waals surface area contributed by atoms with Crippen LogP contribution in [0.15, 0.2) is 283 Å². The zero-order valence-corrected chi connectivity index (χ0v) is 65.4. The van der Waals surface area contributed by atoms with Crippen LogP contribution in [0.5, 0.6) is 0 Å². The van der Waals surface area contributed by atoms with Gasteiger partial charge in [0.25, 0.3) is 0 Å². The standard InChI is InChI=1S/C32H28N4O8.C32H26N4O8.C13H12N4O.C12H14N4O/c2*37-23-16-33-18-34-28-25(23)35-19-36(28)29-27(44-32(40)22-14-8-3-9-15-22)26(43-31(39)21-12-6-2-7-13-21)24(42-29)17-41-30(38)20-10-4-1-5-11-20;18-11-6-14-8-15-13-12(11)16-9-17(13)7-10-4-2-1-3-5-10;13-6-10(17)11-12(14)16(8-15-11)7-9-4-2-1-3-5-9/h1-15,18-19,23-24,26-27,29,37H,16-17H2,(H,33,34);1-15,18-19,24,26-27,29H,16-17H2,(H,33,34);1-5,8-9H,6-7H2,(H,14,15);1-5,8H,6-7,13-14H2/t23?,24-,26-,27-,29-;24-,26-,27-,29-;;/m11../s1. The Kier molecular flexibility index (Phi) is 27.5. The van der Waals surface area contributed by atoms with Crippen LogP contribution in [0.4, 0.5) is 23.3 Å². The van der Waals surface area contributed by atoms with Crippen molar-refractivity contribution < 1.29 is 86.2 Å². The van der Waals surface area contributed by atoms with Crippen molar-refractivity contribution in [3.63, 3.8) is 0 Å². The monoisotopic (exact) mass is 1660 g/mol. The van der Waals surface area contributed by atoms with Crippen LogP contribution in [0.3, 0.4) is 0 Å². The normalized spacial score (nSPS) is 18.8. The number of benzene rings is 8. The van der Waals surface area contributed by atoms with Gasteiger partial charge in [-0.15, -0.1) is 0 Å². The number of carbonyl (C=O) groups is 9. The fraction of sp³-hybridized carbons (Fsp3) is 0.191. The minimum Gasteiger partial charge on any atom is -0.459 e. The second-order valence-corrected chi connectivity index (χ2v) is 27.7. The molecule has 9 atom stereocenters. The highest BCUT2D eigenvalue weighted by atomic mass is 16.7. The number of esters is 6. The molecule has 17 rings (SSSR count). The average Bonchev–Trinajstić information content (AvgIpc) is 1.61. The number of aliphatic hydroxyl groups is 1. The molecule has 2 saturated heterocycles. The topological polar surface area (TPSA) is 444 Å². The Labute approximate surface area is 701 Å². The maximum atomic E-state index is 13.4. The number of aliphatic imine (C=N–C) groups is 3. The van der Waals surface area contributed by atoms with Crippen LogP contribution in [0.1, 0.15) is 129 Å². The van der Waals surface area contributed by atoms with Crippen molar-refractivity contribution >= 4 is 95.5 Å². The number of hydrogen-bond donors (Lipinski definition) is 6. The van der Waals surface area contributed by atoms with Crippen molar-refractivity contribution in [2.75, 3.05) is 61.1 Å². The molecule has 12 aromatic rings. The number of nitrogens with two attached hydrogens (primary N) is 2. The molecule has 8 N–H and O–H groups in total. The van der Waals surface area contributed by atoms with E-state index in [-0.39, 0.29) is 96.2 Å². The number of nitrogen functional groups attached to an aromatic ring is 1. The number of anilines is 4. The van der Waals surface area contributed by atoms with E-state index in [9.17, 15) is 48.3 Å². The number of aromatic nitrogens is 8. The summed E-state index contributed by atoms with van der Waals surface area (Å²) in [6, 6.07) is 69.9. The van der Waals surface area contributed by atoms with Crippen molar-refractivity contribution in [1.82, 2.24) is 38.2 Å². The van der Waals surface area contributed by atoms with E-state index in [0.29, 0.717) is 53.1 Å². The number of carbonyl (C=O) groups excluding carboxylic acids is 9. The predicted octanol–water partition coefficient (Wildman–Crippen LogP) is 9.52. The average molecular weight is 1660 g/mol. The summed E-state index contributed by atoms with van der Waals surface area (Å²) in [4.78, 5) is 144. The molecule has 624 valence electrons. The maximum absolute atomic E-state index is 13.4. The molecule has 1 unspecified atom stereocenters. The number of nitrogens with zero attached hydrogens (tertiary/aromatic N) is 11. The lowest BCUT2D eigenvalue weighted by Crippen LogP contribution is -2.41. The molecule has 5 aliphatic rings. The van der Waals surface area contributed by atoms with Crippen LogP contribution < -0.4 is 27.4 Å². The Morgan fingerprint density at radius 3 is 1.18 bits per heavy atom. The fourth-order valence-electron chi connectivity index (χ4n) is 13.4. The minimum atomic E-state index is -1.26. The second-order valence-electron chi connectivity index (χ2n) is 27.7. The molecule has 0 aliphatic carbocycles. The Hall–Kier alpha value is -15.5. The Balaban J connectivity index is 0.000000145. The Bertz CT molecular complexity index is 5780. The third-order valence-corrected chi connectivity index (χ3v) is 19.5. The summed E-state index contributed by atoms with van der Waals surface area (Å²) < 4.78 is 54.4. The van der Waals surface area contributed by atoms with E-state index in [0.717, 1.165) is 11.1 Å². The molecule has 34 heteroatoms. The molecule has 0 amide bonds. The molecule has 2 fully saturated rings. The molecular formula is C89H80N16O18. The highest BCUT2D eigenvalue weighted by Crippen LogP contribution is 2.41. The lowest BCUT2D eigenvalue weighted by Gasteiger charge is -2.25. The van der Waals surface area contributed by atoms with Gasteiger partial charge in [-0.3, -0.25) is 38.5 Å². The molecule has 123 heavy (non-hydrogen) atoms. The molecule has 8 aromatic carbocycles. The zero-order valence-electron chi connectivity index (χ0n) is 65.4. The van der Waals surface area contributed by atoms with Crippen molar-refractivity contribution in [3.8, 4) is 0 Å². The van der Waals surface area contributed by atoms with Gasteiger partial charge in [0, 0.05) is 0 Å². The summed E-state index contributed by atoms with van der Waals surface area (Å²) in [5.41, 5.74) is 16.2. The number of aliphatic hydroxyl groups excluding tert-OH is 1. The van der Waals surface area contributed by atoms with E-state index in [1.807, 2.05) is 65.2 Å². The maximum Gasteiger partial charge on any atom is 0.338 e. The predicted molar refractivity (Wildman–Crippen MR) is 446 cm³/mol. The first-order valence-corrected chi connectivity index (χ1v) is 38.6. The smallest absolute Gasteiger partial charge is 0.338 e. The summed E-state index contributed by atoms with van der Waals surface area (Å²) in [5, 5.41) is 19.5. The SMILES string of the molecule is NCC(=O)c1ncn(Cc2ccccc2)c1N.O=C(OC[C@H]1O[C@@H](n2cnc3c2NC=NCC3=O)[C@H](OC(=O)c2ccccc2)[C@@H]1OC(=O)c1ccccc1)c1ccccc1.O=C(OC[C@H]1O[C@@H](n2cnc3c2NC=NCC3O)[C@H](OC(=O)c2ccccc2)[C@@H]1OC(=O)c1ccccc1)c1ccccc1.O=C1CN=CNc2c1ncn2Cc1ccccc1. The van der Waals surface area contributed by atoms with E-state index in [1.165, 1.54) is 34.5 Å². The van der Waals surface area contributed by atoms with Crippen LogP contribution in [0, 0.1) is 0 Å². The van der Waals surface area contributed by atoms with E-state index in [1.54, 1.807) is 206 Å². The number of imidazole rings is 4. The van der Waals surface area contributed by atoms with Crippen LogP contribution in [0.2, 0.25) is 0 Å². The molecular weight excluding hydrogens is 1580 g/mol. The number of rotatable bonds is 22. The van der Waals surface area contributed by atoms with Crippen LogP contribution in [-0.4, -0.2) is 192 Å². The molecule has 9 heterocycles. The third kappa shape index (κ3) is 20.6. The summed E-state index contributed by atoms with van der Waals surface area (Å²) in [6.07, 6.45) is -0.00851. The van der Waals surface area contributed by atoms with Gasteiger partial charge in [0.15, 0.2) is 54.0 Å². The zero-order chi connectivity index (χ0) is 85.6. The van der Waals surface area contributed by atoms with Gasteiger partial charge in [-0.25, -0.2) is 48.7 Å². The summed E-state index contributed by atoms with van der Waals surface area (Å²) in [5.74, 6) is -2.98. The number of hydrogen-bond acceptors (Lipinski definition) is 30. The summed E-state index contributed by atoms with van der Waals surface area (Å²) in [6.45, 7) is 0.657. The van der Waals surface area contributed by atoms with Crippen molar-refractivity contribution in [2.24, 2.45) is 20.7 Å². The highest BCUT2D eigenvalue weighted by molar-refractivity contribution is 6.05. The molecule has 0 radical (unpaired) electrons. The quantitative estimate of drug-likeness (QED) is 0.0209. The molecule has 0 saturated carbocycles. The number of Topliss-reactive ketones (excluding diaryl/α,β-unsaturated/α-hetero) is 3. The summed E-state index contributed by atoms with van der Waals surface area (Å²) in [7, 11) is 0. The summed E-state index contributed by atoms with van der Waals surface area (Å²) >= 11 is 0. The minimum absolute atomic E-state index is 0.0574. The van der Waals surface area contributed by atoms with E-state index < -0.39 is 91.0 Å². The van der Waals surface area contributed by atoms with Crippen molar-refractivity contribution in [1.29, 1.82) is 0 Å². The van der Waals surface area contributed by atoms with Gasteiger partial charge in [-0.1, -0.05) is 170 Å². The second kappa shape index (κ2) is 40.3. The van der Waals surface area contributed by atoms with Gasteiger partial charge >= 0.3 is 35.8 Å². The Morgan fingerprint density at radius 2 is 0.748 bits per heavy atom. The molecule has 4 aromatic heterocycles. The van der Waals surface area contributed by atoms with Crippen LogP contribution in [0.25, 0.3) is 0 Å². The van der Waals surface area contributed by atoms with Gasteiger partial charge in [0.2, 0.25) is 11.6 Å². The van der Waals surface area contributed by atoms with E-state index >= 15 is 0 Å². The van der Waals surface area contributed by atoms with E-state index in [4.69, 9.17) is 49.4 Å². The van der Waals surface area contributed by atoms with Gasteiger partial charge in [0.1, 0.15) is 79.3 Å². The number of fused-ring (bicyclic) bond motifs is 3. The molecule has 0 spiro atoms. The van der Waals surface area contributed by atoms with Gasteiger partial charge in [0.05, 0.1) is 104 Å². The van der Waals surface area contributed by atoms with Crippen molar-refractivity contribution in [2.45, 2.75) is 68.3 Å². The molecule has 0 bridgehead atoms. The lowest BCUT2D eigenvalue weighted by atomic mass is 10.1. The number of nitrogens with one attached hydrogen (secondary N) is 3. The molecule has 5 aliphatic heterocycles.